The fraction of sp³-hybridized carbons (Fsp3) is 0.812. The maximum atomic E-state index is 6.10. The maximum Gasteiger partial charge on any atom is 0.0538 e. The molecule has 4 nitrogen and oxygen atoms in total. The van der Waals surface area contributed by atoms with E-state index in [0.717, 1.165) is 13.0 Å². The van der Waals surface area contributed by atoms with Crippen LogP contribution in [0.25, 0.3) is 0 Å². The second-order valence-corrected chi connectivity index (χ2v) is 5.96. The van der Waals surface area contributed by atoms with Crippen LogP contribution in [0.4, 0.5) is 0 Å². The van der Waals surface area contributed by atoms with Gasteiger partial charge in [-0.2, -0.15) is 5.10 Å². The Bertz CT molecular complexity index is 386. The summed E-state index contributed by atoms with van der Waals surface area (Å²) in [5, 5.41) is 4.48. The summed E-state index contributed by atoms with van der Waals surface area (Å²) < 4.78 is 2.05. The van der Waals surface area contributed by atoms with E-state index in [1.54, 1.807) is 0 Å². The molecule has 2 heterocycles. The summed E-state index contributed by atoms with van der Waals surface area (Å²) in [4.78, 5) is 2.64. The van der Waals surface area contributed by atoms with Crippen molar-refractivity contribution in [2.75, 3.05) is 13.1 Å². The van der Waals surface area contributed by atoms with Crippen molar-refractivity contribution in [3.8, 4) is 0 Å². The summed E-state index contributed by atoms with van der Waals surface area (Å²) in [5.41, 5.74) is 7.39. The van der Waals surface area contributed by atoms with Crippen LogP contribution in [0.5, 0.6) is 0 Å². The van der Waals surface area contributed by atoms with Crippen molar-refractivity contribution in [1.82, 2.24) is 14.7 Å². The molecule has 4 heteroatoms. The number of aryl methyl sites for hydroxylation is 1. The highest BCUT2D eigenvalue weighted by Crippen LogP contribution is 2.30. The Morgan fingerprint density at radius 3 is 2.90 bits per heavy atom. The molecule has 1 aliphatic rings. The number of hydrogen-bond donors (Lipinski definition) is 1. The van der Waals surface area contributed by atoms with E-state index in [2.05, 4.69) is 34.7 Å². The van der Waals surface area contributed by atoms with Crippen LogP contribution in [0, 0.1) is 0 Å². The number of likely N-dealkylation sites (tertiary alicyclic amines) is 1. The summed E-state index contributed by atoms with van der Waals surface area (Å²) in [7, 11) is 0. The van der Waals surface area contributed by atoms with Crippen LogP contribution in [0.15, 0.2) is 12.4 Å². The molecule has 2 atom stereocenters. The van der Waals surface area contributed by atoms with Gasteiger partial charge in [0.15, 0.2) is 0 Å². The third-order valence-corrected chi connectivity index (χ3v) is 4.41. The van der Waals surface area contributed by atoms with Gasteiger partial charge in [0, 0.05) is 30.9 Å². The molecular formula is C16H30N4. The highest BCUT2D eigenvalue weighted by Gasteiger charge is 2.29. The molecule has 114 valence electrons. The number of nitrogens with zero attached hydrogens (tertiary/aromatic N) is 3. The second kappa shape index (κ2) is 7.79. The molecule has 1 aromatic heterocycles. The molecule has 0 saturated carbocycles. The molecule has 0 amide bonds. The quantitative estimate of drug-likeness (QED) is 0.834. The van der Waals surface area contributed by atoms with Crippen LogP contribution < -0.4 is 5.73 Å². The smallest absolute Gasteiger partial charge is 0.0538 e. The molecule has 2 unspecified atom stereocenters. The molecular weight excluding hydrogens is 248 g/mol. The molecule has 1 aliphatic heterocycles. The lowest BCUT2D eigenvalue weighted by molar-refractivity contribution is 0.0912. The topological polar surface area (TPSA) is 47.1 Å². The van der Waals surface area contributed by atoms with E-state index < -0.39 is 0 Å². The Morgan fingerprint density at radius 2 is 2.20 bits per heavy atom. The van der Waals surface area contributed by atoms with Crippen LogP contribution >= 0.6 is 0 Å². The number of aromatic nitrogens is 2. The third kappa shape index (κ3) is 3.61. The molecule has 0 aliphatic carbocycles. The SMILES string of the molecule is CCCC1CCCCN1C(CN)c1cnn(CCC)c1. The largest absolute Gasteiger partial charge is 0.329 e. The van der Waals surface area contributed by atoms with Gasteiger partial charge < -0.3 is 5.73 Å². The van der Waals surface area contributed by atoms with E-state index in [1.165, 1.54) is 44.2 Å². The van der Waals surface area contributed by atoms with E-state index in [4.69, 9.17) is 5.73 Å². The lowest BCUT2D eigenvalue weighted by Crippen LogP contribution is -2.44. The molecule has 1 aromatic rings. The Hall–Kier alpha value is -0.870. The van der Waals surface area contributed by atoms with Gasteiger partial charge in [-0.15, -0.1) is 0 Å². The molecule has 20 heavy (non-hydrogen) atoms. The van der Waals surface area contributed by atoms with Crippen molar-refractivity contribution in [3.05, 3.63) is 18.0 Å². The van der Waals surface area contributed by atoms with Gasteiger partial charge in [0.2, 0.25) is 0 Å². The standard InChI is InChI=1S/C16H30N4/c1-3-7-15-8-5-6-10-20(15)16(11-17)14-12-18-19(13-14)9-4-2/h12-13,15-16H,3-11,17H2,1-2H3. The second-order valence-electron chi connectivity index (χ2n) is 5.96. The predicted octanol–water partition coefficient (Wildman–Crippen LogP) is 2.95. The van der Waals surface area contributed by atoms with Gasteiger partial charge in [-0.1, -0.05) is 26.7 Å². The van der Waals surface area contributed by atoms with Crippen LogP contribution in [-0.2, 0) is 6.54 Å². The van der Waals surface area contributed by atoms with Crippen molar-refractivity contribution in [1.29, 1.82) is 0 Å². The Balaban J connectivity index is 2.11. The third-order valence-electron chi connectivity index (χ3n) is 4.41. The van der Waals surface area contributed by atoms with Crippen molar-refractivity contribution >= 4 is 0 Å². The molecule has 2 rings (SSSR count). The van der Waals surface area contributed by atoms with E-state index in [9.17, 15) is 0 Å². The highest BCUT2D eigenvalue weighted by molar-refractivity contribution is 5.12. The average Bonchev–Trinajstić information content (AvgIpc) is 2.91. The van der Waals surface area contributed by atoms with Gasteiger partial charge in [-0.25, -0.2) is 0 Å². The Kier molecular flexibility index (Phi) is 6.05. The lowest BCUT2D eigenvalue weighted by Gasteiger charge is -2.40. The summed E-state index contributed by atoms with van der Waals surface area (Å²) in [6, 6.07) is 1.05. The first-order valence-electron chi connectivity index (χ1n) is 8.28. The number of piperidine rings is 1. The van der Waals surface area contributed by atoms with Gasteiger partial charge in [0.25, 0.3) is 0 Å². The molecule has 0 radical (unpaired) electrons. The molecule has 1 fully saturated rings. The lowest BCUT2D eigenvalue weighted by atomic mass is 9.94. The molecule has 0 spiro atoms. The van der Waals surface area contributed by atoms with Gasteiger partial charge in [0.1, 0.15) is 0 Å². The zero-order valence-electron chi connectivity index (χ0n) is 13.1. The van der Waals surface area contributed by atoms with E-state index in [1.807, 2.05) is 6.20 Å². The summed E-state index contributed by atoms with van der Waals surface area (Å²) in [6.07, 6.45) is 11.9. The number of rotatable bonds is 7. The molecule has 2 N–H and O–H groups in total. The van der Waals surface area contributed by atoms with E-state index in [-0.39, 0.29) is 0 Å². The number of hydrogen-bond acceptors (Lipinski definition) is 3. The van der Waals surface area contributed by atoms with E-state index in [0.29, 0.717) is 18.6 Å². The van der Waals surface area contributed by atoms with Gasteiger partial charge in [-0.05, 0) is 32.2 Å². The summed E-state index contributed by atoms with van der Waals surface area (Å²) in [5.74, 6) is 0. The fourth-order valence-electron chi connectivity index (χ4n) is 3.44. The van der Waals surface area contributed by atoms with Gasteiger partial charge >= 0.3 is 0 Å². The minimum atomic E-state index is 0.345. The van der Waals surface area contributed by atoms with Gasteiger partial charge in [-0.3, -0.25) is 9.58 Å². The first-order valence-corrected chi connectivity index (χ1v) is 8.28. The monoisotopic (exact) mass is 278 g/mol. The van der Waals surface area contributed by atoms with Crippen LogP contribution in [0.1, 0.15) is 64.0 Å². The molecule has 0 bridgehead atoms. The Morgan fingerprint density at radius 1 is 1.35 bits per heavy atom. The minimum Gasteiger partial charge on any atom is -0.329 e. The average molecular weight is 278 g/mol. The fourth-order valence-corrected chi connectivity index (χ4v) is 3.44. The van der Waals surface area contributed by atoms with Crippen molar-refractivity contribution in [3.63, 3.8) is 0 Å². The first kappa shape index (κ1) is 15.5. The molecule has 1 saturated heterocycles. The zero-order valence-corrected chi connectivity index (χ0v) is 13.1. The van der Waals surface area contributed by atoms with E-state index >= 15 is 0 Å². The highest BCUT2D eigenvalue weighted by atomic mass is 15.3. The summed E-state index contributed by atoms with van der Waals surface area (Å²) >= 11 is 0. The number of nitrogens with two attached hydrogens (primary N) is 1. The van der Waals surface area contributed by atoms with Crippen molar-refractivity contribution in [2.45, 2.75) is 71.0 Å². The zero-order chi connectivity index (χ0) is 14.4. The Labute approximate surface area is 123 Å². The maximum absolute atomic E-state index is 6.10. The first-order chi connectivity index (χ1) is 9.80. The van der Waals surface area contributed by atoms with Crippen LogP contribution in [0.2, 0.25) is 0 Å². The minimum absolute atomic E-state index is 0.345. The van der Waals surface area contributed by atoms with Crippen LogP contribution in [0.3, 0.4) is 0 Å². The van der Waals surface area contributed by atoms with Gasteiger partial charge in [0.05, 0.1) is 12.2 Å². The van der Waals surface area contributed by atoms with Crippen molar-refractivity contribution in [2.24, 2.45) is 5.73 Å². The predicted molar refractivity (Wildman–Crippen MR) is 83.6 cm³/mol. The van der Waals surface area contributed by atoms with Crippen molar-refractivity contribution < 1.29 is 0 Å². The van der Waals surface area contributed by atoms with Crippen LogP contribution in [-0.4, -0.2) is 33.8 Å². The molecule has 0 aromatic carbocycles. The summed E-state index contributed by atoms with van der Waals surface area (Å²) in [6.45, 7) is 7.34. The normalized spacial score (nSPS) is 22.1.